The van der Waals surface area contributed by atoms with Gasteiger partial charge >= 0.3 is 0 Å². The summed E-state index contributed by atoms with van der Waals surface area (Å²) in [4.78, 5) is 16.8. The molecule has 0 spiro atoms. The molecule has 144 valence electrons. The largest absolute Gasteiger partial charge is 0.390 e. The Balaban J connectivity index is 1.54. The fourth-order valence-electron chi connectivity index (χ4n) is 3.83. The highest BCUT2D eigenvalue weighted by molar-refractivity contribution is 5.94. The number of pyridine rings is 1. The lowest BCUT2D eigenvalue weighted by molar-refractivity contribution is 0.0433. The Bertz CT molecular complexity index is 776. The van der Waals surface area contributed by atoms with Gasteiger partial charge in [-0.1, -0.05) is 12.1 Å². The van der Waals surface area contributed by atoms with Gasteiger partial charge in [-0.25, -0.2) is 4.39 Å². The molecule has 0 bridgehead atoms. The molecule has 5 heteroatoms. The number of aromatic nitrogens is 1. The Kier molecular flexibility index (Phi) is 5.90. The van der Waals surface area contributed by atoms with Crippen LogP contribution in [0.25, 0.3) is 11.3 Å². The standard InChI is InChI=1S/C22H27FN2O2/c1-22(2,27)13-15-6-9-19(10-7-15)25-21(26)17-8-11-20(24-14-17)16-4-3-5-18(23)12-16/h3-5,8,11-12,14-15,19,27H,6-7,9-10,13H2,1-2H3,(H,25,26)/t15-,19-. The molecule has 1 aromatic heterocycles. The van der Waals surface area contributed by atoms with Crippen LogP contribution in [-0.4, -0.2) is 27.6 Å². The SMILES string of the molecule is CC(C)(O)C[C@H]1CC[C@H](NC(=O)c2ccc(-c3cccc(F)c3)nc2)CC1. The second kappa shape index (κ2) is 8.17. The highest BCUT2D eigenvalue weighted by Gasteiger charge is 2.27. The molecule has 1 fully saturated rings. The van der Waals surface area contributed by atoms with E-state index in [0.29, 0.717) is 22.7 Å². The lowest BCUT2D eigenvalue weighted by atomic mass is 9.80. The van der Waals surface area contributed by atoms with E-state index in [4.69, 9.17) is 0 Å². The van der Waals surface area contributed by atoms with E-state index in [2.05, 4.69) is 10.3 Å². The van der Waals surface area contributed by atoms with Gasteiger partial charge in [-0.05, 0) is 76.1 Å². The summed E-state index contributed by atoms with van der Waals surface area (Å²) in [6.07, 6.45) is 6.24. The molecule has 0 saturated heterocycles. The number of halogens is 1. The van der Waals surface area contributed by atoms with Gasteiger partial charge < -0.3 is 10.4 Å². The summed E-state index contributed by atoms with van der Waals surface area (Å²) in [7, 11) is 0. The van der Waals surface area contributed by atoms with E-state index in [1.165, 1.54) is 18.3 Å². The number of nitrogens with zero attached hydrogens (tertiary/aromatic N) is 1. The van der Waals surface area contributed by atoms with Crippen molar-refractivity contribution in [2.45, 2.75) is 57.6 Å². The maximum Gasteiger partial charge on any atom is 0.253 e. The Hall–Kier alpha value is -2.27. The number of rotatable bonds is 5. The molecule has 4 nitrogen and oxygen atoms in total. The fraction of sp³-hybridized carbons (Fsp3) is 0.455. The number of hydrogen-bond acceptors (Lipinski definition) is 3. The lowest BCUT2D eigenvalue weighted by Gasteiger charge is -2.32. The van der Waals surface area contributed by atoms with Crippen LogP contribution >= 0.6 is 0 Å². The molecule has 2 aromatic rings. The molecule has 1 heterocycles. The van der Waals surface area contributed by atoms with Crippen molar-refractivity contribution >= 4 is 5.91 Å². The monoisotopic (exact) mass is 370 g/mol. The summed E-state index contributed by atoms with van der Waals surface area (Å²) in [6.45, 7) is 3.70. The van der Waals surface area contributed by atoms with Crippen molar-refractivity contribution in [3.63, 3.8) is 0 Å². The van der Waals surface area contributed by atoms with Crippen LogP contribution in [0.3, 0.4) is 0 Å². The molecule has 0 radical (unpaired) electrons. The molecule has 1 aliphatic rings. The van der Waals surface area contributed by atoms with Crippen molar-refractivity contribution in [1.82, 2.24) is 10.3 Å². The second-order valence-corrected chi connectivity index (χ2v) is 8.15. The molecule has 0 aliphatic heterocycles. The van der Waals surface area contributed by atoms with Gasteiger partial charge in [0.2, 0.25) is 0 Å². The van der Waals surface area contributed by atoms with Crippen molar-refractivity contribution < 1.29 is 14.3 Å². The zero-order valence-corrected chi connectivity index (χ0v) is 15.9. The van der Waals surface area contributed by atoms with Gasteiger partial charge in [0, 0.05) is 17.8 Å². The zero-order chi connectivity index (χ0) is 19.4. The zero-order valence-electron chi connectivity index (χ0n) is 15.9. The van der Waals surface area contributed by atoms with Gasteiger partial charge in [0.1, 0.15) is 5.82 Å². The average Bonchev–Trinajstić information content (AvgIpc) is 2.62. The molecule has 1 aliphatic carbocycles. The molecule has 27 heavy (non-hydrogen) atoms. The maximum atomic E-state index is 13.3. The van der Waals surface area contributed by atoms with Crippen LogP contribution < -0.4 is 5.32 Å². The third kappa shape index (κ3) is 5.60. The number of amides is 1. The van der Waals surface area contributed by atoms with Crippen molar-refractivity contribution in [3.05, 3.63) is 54.0 Å². The first-order valence-corrected chi connectivity index (χ1v) is 9.55. The first kappa shape index (κ1) is 19.5. The molecule has 1 aromatic carbocycles. The van der Waals surface area contributed by atoms with Gasteiger partial charge in [0.05, 0.1) is 16.9 Å². The van der Waals surface area contributed by atoms with Gasteiger partial charge in [0.15, 0.2) is 0 Å². The third-order valence-electron chi connectivity index (χ3n) is 5.12. The van der Waals surface area contributed by atoms with E-state index in [9.17, 15) is 14.3 Å². The molecular weight excluding hydrogens is 343 g/mol. The van der Waals surface area contributed by atoms with E-state index in [-0.39, 0.29) is 17.8 Å². The Morgan fingerprint density at radius 3 is 2.56 bits per heavy atom. The van der Waals surface area contributed by atoms with E-state index < -0.39 is 5.60 Å². The lowest BCUT2D eigenvalue weighted by Crippen LogP contribution is -2.38. The predicted octanol–water partition coefficient (Wildman–Crippen LogP) is 4.34. The molecule has 1 saturated carbocycles. The minimum atomic E-state index is -0.629. The van der Waals surface area contributed by atoms with Gasteiger partial charge in [0.25, 0.3) is 5.91 Å². The molecule has 0 unspecified atom stereocenters. The predicted molar refractivity (Wildman–Crippen MR) is 104 cm³/mol. The van der Waals surface area contributed by atoms with Gasteiger partial charge in [-0.15, -0.1) is 0 Å². The van der Waals surface area contributed by atoms with E-state index in [1.54, 1.807) is 24.3 Å². The highest BCUT2D eigenvalue weighted by Crippen LogP contribution is 2.30. The van der Waals surface area contributed by atoms with Gasteiger partial charge in [-0.2, -0.15) is 0 Å². The van der Waals surface area contributed by atoms with Crippen LogP contribution in [0.15, 0.2) is 42.6 Å². The molecule has 0 atom stereocenters. The van der Waals surface area contributed by atoms with Crippen LogP contribution in [0.5, 0.6) is 0 Å². The first-order valence-electron chi connectivity index (χ1n) is 9.55. The summed E-state index contributed by atoms with van der Waals surface area (Å²) in [6, 6.07) is 9.87. The second-order valence-electron chi connectivity index (χ2n) is 8.15. The molecule has 1 amide bonds. The van der Waals surface area contributed by atoms with E-state index >= 15 is 0 Å². The quantitative estimate of drug-likeness (QED) is 0.823. The Morgan fingerprint density at radius 2 is 1.96 bits per heavy atom. The first-order chi connectivity index (χ1) is 12.8. The molecular formula is C22H27FN2O2. The maximum absolute atomic E-state index is 13.3. The highest BCUT2D eigenvalue weighted by atomic mass is 19.1. The summed E-state index contributed by atoms with van der Waals surface area (Å²) in [5.41, 5.74) is 1.20. The van der Waals surface area contributed by atoms with Crippen LogP contribution in [0, 0.1) is 11.7 Å². The van der Waals surface area contributed by atoms with Crippen LogP contribution in [0.2, 0.25) is 0 Å². The summed E-state index contributed by atoms with van der Waals surface area (Å²) in [5, 5.41) is 13.0. The number of carbonyl (C=O) groups is 1. The Labute approximate surface area is 159 Å². The van der Waals surface area contributed by atoms with Crippen molar-refractivity contribution in [3.8, 4) is 11.3 Å². The Morgan fingerprint density at radius 1 is 1.22 bits per heavy atom. The number of aliphatic hydroxyl groups is 1. The normalized spacial score (nSPS) is 20.3. The summed E-state index contributed by atoms with van der Waals surface area (Å²) < 4.78 is 13.3. The topological polar surface area (TPSA) is 62.2 Å². The van der Waals surface area contributed by atoms with Crippen molar-refractivity contribution in [2.75, 3.05) is 0 Å². The number of hydrogen-bond donors (Lipinski definition) is 2. The number of benzene rings is 1. The number of nitrogens with one attached hydrogen (secondary N) is 1. The molecule has 3 rings (SSSR count). The number of carbonyl (C=O) groups excluding carboxylic acids is 1. The fourth-order valence-corrected chi connectivity index (χ4v) is 3.83. The van der Waals surface area contributed by atoms with Gasteiger partial charge in [-0.3, -0.25) is 9.78 Å². The summed E-state index contributed by atoms with van der Waals surface area (Å²) >= 11 is 0. The van der Waals surface area contributed by atoms with Crippen LogP contribution in [-0.2, 0) is 0 Å². The minimum Gasteiger partial charge on any atom is -0.390 e. The van der Waals surface area contributed by atoms with E-state index in [1.807, 2.05) is 13.8 Å². The third-order valence-corrected chi connectivity index (χ3v) is 5.12. The van der Waals surface area contributed by atoms with E-state index in [0.717, 1.165) is 32.1 Å². The van der Waals surface area contributed by atoms with Crippen LogP contribution in [0.4, 0.5) is 4.39 Å². The average molecular weight is 370 g/mol. The minimum absolute atomic E-state index is 0.126. The van der Waals surface area contributed by atoms with Crippen LogP contribution in [0.1, 0.15) is 56.3 Å². The smallest absolute Gasteiger partial charge is 0.253 e. The summed E-state index contributed by atoms with van der Waals surface area (Å²) in [5.74, 6) is 0.0842. The molecule has 2 N–H and O–H groups in total. The van der Waals surface area contributed by atoms with Crippen molar-refractivity contribution in [1.29, 1.82) is 0 Å². The van der Waals surface area contributed by atoms with Crippen molar-refractivity contribution in [2.24, 2.45) is 5.92 Å².